The van der Waals surface area contributed by atoms with E-state index in [0.29, 0.717) is 0 Å². The van der Waals surface area contributed by atoms with Crippen molar-refractivity contribution in [3.63, 3.8) is 0 Å². The fourth-order valence-corrected chi connectivity index (χ4v) is 2.05. The van der Waals surface area contributed by atoms with Crippen molar-refractivity contribution in [2.45, 2.75) is 38.5 Å². The molecule has 0 amide bonds. The highest BCUT2D eigenvalue weighted by Crippen LogP contribution is 2.33. The van der Waals surface area contributed by atoms with E-state index in [1.54, 1.807) is 0 Å². The van der Waals surface area contributed by atoms with Crippen molar-refractivity contribution >= 4 is 5.82 Å². The first kappa shape index (κ1) is 8.60. The SMILES string of the molecule is CCNc1cc(C2CCCC2)[nH]n1. The van der Waals surface area contributed by atoms with Crippen LogP contribution < -0.4 is 5.32 Å². The highest BCUT2D eigenvalue weighted by molar-refractivity contribution is 5.36. The summed E-state index contributed by atoms with van der Waals surface area (Å²) in [5.74, 6) is 1.73. The second kappa shape index (κ2) is 3.81. The van der Waals surface area contributed by atoms with Crippen LogP contribution in [0.3, 0.4) is 0 Å². The third-order valence-electron chi connectivity index (χ3n) is 2.75. The van der Waals surface area contributed by atoms with Gasteiger partial charge in [0.1, 0.15) is 5.82 Å². The minimum Gasteiger partial charge on any atom is -0.369 e. The Kier molecular flexibility index (Phi) is 2.52. The molecule has 0 unspecified atom stereocenters. The summed E-state index contributed by atoms with van der Waals surface area (Å²) >= 11 is 0. The molecule has 1 saturated carbocycles. The number of anilines is 1. The van der Waals surface area contributed by atoms with Gasteiger partial charge in [0.25, 0.3) is 0 Å². The lowest BCUT2D eigenvalue weighted by atomic mass is 10.0. The summed E-state index contributed by atoms with van der Waals surface area (Å²) < 4.78 is 0. The molecule has 0 saturated heterocycles. The molecule has 13 heavy (non-hydrogen) atoms. The first-order valence-corrected chi connectivity index (χ1v) is 5.19. The Morgan fingerprint density at radius 3 is 3.00 bits per heavy atom. The van der Waals surface area contributed by atoms with Crippen LogP contribution in [0.2, 0.25) is 0 Å². The van der Waals surface area contributed by atoms with Crippen molar-refractivity contribution in [2.24, 2.45) is 0 Å². The molecule has 3 nitrogen and oxygen atoms in total. The first-order valence-electron chi connectivity index (χ1n) is 5.19. The van der Waals surface area contributed by atoms with Crippen LogP contribution in [0.4, 0.5) is 5.82 Å². The number of hydrogen-bond acceptors (Lipinski definition) is 2. The maximum absolute atomic E-state index is 4.21. The Bertz CT molecular complexity index is 261. The number of hydrogen-bond donors (Lipinski definition) is 2. The van der Waals surface area contributed by atoms with Crippen LogP contribution in [-0.2, 0) is 0 Å². The summed E-state index contributed by atoms with van der Waals surface area (Å²) in [5, 5.41) is 10.5. The van der Waals surface area contributed by atoms with Crippen LogP contribution in [0.15, 0.2) is 6.07 Å². The average Bonchev–Trinajstić information content (AvgIpc) is 2.70. The van der Waals surface area contributed by atoms with Gasteiger partial charge in [0.2, 0.25) is 0 Å². The lowest BCUT2D eigenvalue weighted by Crippen LogP contribution is -1.95. The van der Waals surface area contributed by atoms with E-state index in [-0.39, 0.29) is 0 Å². The van der Waals surface area contributed by atoms with Gasteiger partial charge in [-0.15, -0.1) is 0 Å². The number of nitrogens with zero attached hydrogens (tertiary/aromatic N) is 1. The molecule has 1 aliphatic carbocycles. The van der Waals surface area contributed by atoms with Gasteiger partial charge in [-0.1, -0.05) is 12.8 Å². The van der Waals surface area contributed by atoms with Crippen molar-refractivity contribution in [3.8, 4) is 0 Å². The molecule has 0 radical (unpaired) electrons. The van der Waals surface area contributed by atoms with Gasteiger partial charge in [-0.3, -0.25) is 5.10 Å². The van der Waals surface area contributed by atoms with Gasteiger partial charge in [-0.05, 0) is 19.8 Å². The van der Waals surface area contributed by atoms with Crippen LogP contribution in [-0.4, -0.2) is 16.7 Å². The van der Waals surface area contributed by atoms with Crippen LogP contribution in [0, 0.1) is 0 Å². The maximum Gasteiger partial charge on any atom is 0.148 e. The van der Waals surface area contributed by atoms with E-state index in [1.807, 2.05) is 0 Å². The zero-order chi connectivity index (χ0) is 9.10. The van der Waals surface area contributed by atoms with Gasteiger partial charge in [0.15, 0.2) is 0 Å². The second-order valence-corrected chi connectivity index (χ2v) is 3.72. The lowest BCUT2D eigenvalue weighted by Gasteiger charge is -2.03. The molecule has 1 aromatic rings. The van der Waals surface area contributed by atoms with E-state index >= 15 is 0 Å². The Labute approximate surface area is 78.9 Å². The molecule has 2 N–H and O–H groups in total. The molecule has 72 valence electrons. The third kappa shape index (κ3) is 1.85. The Hall–Kier alpha value is -0.990. The number of H-pyrrole nitrogens is 1. The van der Waals surface area contributed by atoms with Gasteiger partial charge in [0, 0.05) is 24.2 Å². The number of aromatic amines is 1. The van der Waals surface area contributed by atoms with E-state index in [4.69, 9.17) is 0 Å². The largest absolute Gasteiger partial charge is 0.369 e. The minimum absolute atomic E-state index is 0.736. The molecule has 1 aliphatic rings. The van der Waals surface area contributed by atoms with Crippen molar-refractivity contribution in [2.75, 3.05) is 11.9 Å². The third-order valence-corrected chi connectivity index (χ3v) is 2.75. The van der Waals surface area contributed by atoms with E-state index in [1.165, 1.54) is 31.4 Å². The summed E-state index contributed by atoms with van der Waals surface area (Å²) in [6.07, 6.45) is 5.40. The predicted octanol–water partition coefficient (Wildman–Crippen LogP) is 2.50. The molecular formula is C10H17N3. The molecule has 3 heteroatoms. The summed E-state index contributed by atoms with van der Waals surface area (Å²) in [7, 11) is 0. The standard InChI is InChI=1S/C10H17N3/c1-2-11-10-7-9(12-13-10)8-5-3-4-6-8/h7-8H,2-6H2,1H3,(H2,11,12,13). The van der Waals surface area contributed by atoms with Gasteiger partial charge >= 0.3 is 0 Å². The second-order valence-electron chi connectivity index (χ2n) is 3.72. The molecule has 0 aromatic carbocycles. The molecule has 0 spiro atoms. The molecule has 0 atom stereocenters. The van der Waals surface area contributed by atoms with Gasteiger partial charge in [-0.25, -0.2) is 0 Å². The van der Waals surface area contributed by atoms with Crippen molar-refractivity contribution in [3.05, 3.63) is 11.8 Å². The van der Waals surface area contributed by atoms with Crippen LogP contribution in [0.5, 0.6) is 0 Å². The smallest absolute Gasteiger partial charge is 0.148 e. The van der Waals surface area contributed by atoms with Gasteiger partial charge in [0.05, 0.1) is 0 Å². The van der Waals surface area contributed by atoms with Crippen LogP contribution in [0.25, 0.3) is 0 Å². The van der Waals surface area contributed by atoms with Crippen molar-refractivity contribution in [1.82, 2.24) is 10.2 Å². The molecule has 1 aromatic heterocycles. The zero-order valence-corrected chi connectivity index (χ0v) is 8.14. The average molecular weight is 179 g/mol. The Morgan fingerprint density at radius 2 is 2.31 bits per heavy atom. The van der Waals surface area contributed by atoms with Crippen molar-refractivity contribution < 1.29 is 0 Å². The number of aromatic nitrogens is 2. The number of nitrogens with one attached hydrogen (secondary N) is 2. The van der Waals surface area contributed by atoms with Gasteiger partial charge in [-0.2, -0.15) is 5.10 Å². The first-order chi connectivity index (χ1) is 6.40. The molecule has 0 aliphatic heterocycles. The number of rotatable bonds is 3. The van der Waals surface area contributed by atoms with Crippen LogP contribution in [0.1, 0.15) is 44.2 Å². The molecule has 1 heterocycles. The monoisotopic (exact) mass is 179 g/mol. The predicted molar refractivity (Wildman–Crippen MR) is 54.0 cm³/mol. The van der Waals surface area contributed by atoms with E-state index < -0.39 is 0 Å². The Balaban J connectivity index is 2.03. The molecule has 2 rings (SSSR count). The van der Waals surface area contributed by atoms with Crippen LogP contribution >= 0.6 is 0 Å². The molecule has 0 bridgehead atoms. The highest BCUT2D eigenvalue weighted by Gasteiger charge is 2.18. The van der Waals surface area contributed by atoms with E-state index in [2.05, 4.69) is 28.5 Å². The van der Waals surface area contributed by atoms with Crippen molar-refractivity contribution in [1.29, 1.82) is 0 Å². The normalized spacial score (nSPS) is 17.9. The summed E-state index contributed by atoms with van der Waals surface area (Å²) in [6.45, 7) is 3.03. The highest BCUT2D eigenvalue weighted by atomic mass is 15.2. The molecular weight excluding hydrogens is 162 g/mol. The summed E-state index contributed by atoms with van der Waals surface area (Å²) in [4.78, 5) is 0. The quantitative estimate of drug-likeness (QED) is 0.748. The summed E-state index contributed by atoms with van der Waals surface area (Å²) in [6, 6.07) is 2.15. The topological polar surface area (TPSA) is 40.7 Å². The minimum atomic E-state index is 0.736. The molecule has 1 fully saturated rings. The summed E-state index contributed by atoms with van der Waals surface area (Å²) in [5.41, 5.74) is 1.31. The fraction of sp³-hybridized carbons (Fsp3) is 0.700. The lowest BCUT2D eigenvalue weighted by molar-refractivity contribution is 0.693. The zero-order valence-electron chi connectivity index (χ0n) is 8.14. The maximum atomic E-state index is 4.21. The Morgan fingerprint density at radius 1 is 1.54 bits per heavy atom. The van der Waals surface area contributed by atoms with Gasteiger partial charge < -0.3 is 5.32 Å². The fourth-order valence-electron chi connectivity index (χ4n) is 2.05. The van der Waals surface area contributed by atoms with E-state index in [9.17, 15) is 0 Å². The van der Waals surface area contributed by atoms with E-state index in [0.717, 1.165) is 18.3 Å².